The Kier molecular flexibility index (Phi) is 2.99. The van der Waals surface area contributed by atoms with Crippen molar-refractivity contribution in [1.82, 2.24) is 5.43 Å². The molecule has 0 fully saturated rings. The van der Waals surface area contributed by atoms with E-state index in [9.17, 15) is 4.79 Å². The van der Waals surface area contributed by atoms with Gasteiger partial charge < -0.3 is 9.15 Å². The highest BCUT2D eigenvalue weighted by molar-refractivity contribution is 6.11. The summed E-state index contributed by atoms with van der Waals surface area (Å²) < 4.78 is 10.2. The summed E-state index contributed by atoms with van der Waals surface area (Å²) in [5.74, 6) is -0.189. The van der Waals surface area contributed by atoms with Gasteiger partial charge in [0, 0.05) is 11.3 Å². The van der Waals surface area contributed by atoms with Crippen LogP contribution in [-0.4, -0.2) is 18.8 Å². The monoisotopic (exact) mass is 234 g/mol. The topological polar surface area (TPSA) is 63.8 Å². The Morgan fingerprint density at radius 2 is 2.29 bits per heavy atom. The predicted molar refractivity (Wildman–Crippen MR) is 63.1 cm³/mol. The summed E-state index contributed by atoms with van der Waals surface area (Å²) in [5.41, 5.74) is 5.10. The fourth-order valence-corrected chi connectivity index (χ4v) is 1.89. The number of ether oxygens (including phenoxy) is 1. The quantitative estimate of drug-likeness (QED) is 0.792. The van der Waals surface area contributed by atoms with Gasteiger partial charge in [0.1, 0.15) is 11.7 Å². The van der Waals surface area contributed by atoms with Crippen LogP contribution in [0.15, 0.2) is 33.6 Å². The zero-order chi connectivity index (χ0) is 12.4. The van der Waals surface area contributed by atoms with Crippen LogP contribution in [0.25, 0.3) is 5.57 Å². The Labute approximate surface area is 99.1 Å². The zero-order valence-corrected chi connectivity index (χ0v) is 9.98. The molecule has 0 saturated carbocycles. The minimum absolute atomic E-state index is 0.335. The molecule has 0 bridgehead atoms. The largest absolute Gasteiger partial charge is 0.468 e. The van der Waals surface area contributed by atoms with Gasteiger partial charge in [-0.1, -0.05) is 0 Å². The third kappa shape index (κ3) is 1.95. The summed E-state index contributed by atoms with van der Waals surface area (Å²) in [6.45, 7) is 3.63. The van der Waals surface area contributed by atoms with Gasteiger partial charge in [0.2, 0.25) is 0 Å². The van der Waals surface area contributed by atoms with Gasteiger partial charge in [-0.2, -0.15) is 5.10 Å². The lowest BCUT2D eigenvalue weighted by Gasteiger charge is -2.23. The van der Waals surface area contributed by atoms with Gasteiger partial charge in [0.25, 0.3) is 0 Å². The SMILES string of the molecule is COC(=O)C1C(C)=NNC(C)=C1c1ccco1. The van der Waals surface area contributed by atoms with Crippen LogP contribution in [0.4, 0.5) is 0 Å². The van der Waals surface area contributed by atoms with E-state index in [1.165, 1.54) is 7.11 Å². The van der Waals surface area contributed by atoms with Gasteiger partial charge in [-0.3, -0.25) is 10.2 Å². The number of carbonyl (C=O) groups is 1. The molecule has 0 aliphatic carbocycles. The van der Waals surface area contributed by atoms with Crippen molar-refractivity contribution in [1.29, 1.82) is 0 Å². The average molecular weight is 234 g/mol. The highest BCUT2D eigenvalue weighted by atomic mass is 16.5. The van der Waals surface area contributed by atoms with E-state index in [0.717, 1.165) is 11.3 Å². The van der Waals surface area contributed by atoms with E-state index in [2.05, 4.69) is 10.5 Å². The molecule has 0 saturated heterocycles. The lowest BCUT2D eigenvalue weighted by atomic mass is 9.90. The lowest BCUT2D eigenvalue weighted by Crippen LogP contribution is -2.31. The summed E-state index contributed by atoms with van der Waals surface area (Å²) in [5, 5.41) is 4.09. The Morgan fingerprint density at radius 3 is 2.88 bits per heavy atom. The van der Waals surface area contributed by atoms with E-state index in [0.29, 0.717) is 11.5 Å². The maximum absolute atomic E-state index is 11.8. The van der Waals surface area contributed by atoms with Gasteiger partial charge in [-0.15, -0.1) is 0 Å². The van der Waals surface area contributed by atoms with Crippen LogP contribution in [0.3, 0.4) is 0 Å². The summed E-state index contributed by atoms with van der Waals surface area (Å²) >= 11 is 0. The summed E-state index contributed by atoms with van der Waals surface area (Å²) in [6.07, 6.45) is 1.57. The first-order chi connectivity index (χ1) is 8.15. The van der Waals surface area contributed by atoms with Crippen LogP contribution in [0.2, 0.25) is 0 Å². The van der Waals surface area contributed by atoms with Gasteiger partial charge >= 0.3 is 5.97 Å². The van der Waals surface area contributed by atoms with Gasteiger partial charge in [-0.05, 0) is 26.0 Å². The van der Waals surface area contributed by atoms with Crippen LogP contribution >= 0.6 is 0 Å². The molecule has 0 amide bonds. The molecule has 5 nitrogen and oxygen atoms in total. The van der Waals surface area contributed by atoms with Crippen LogP contribution in [0, 0.1) is 5.92 Å². The maximum Gasteiger partial charge on any atom is 0.319 e. The zero-order valence-electron chi connectivity index (χ0n) is 9.98. The highest BCUT2D eigenvalue weighted by Crippen LogP contribution is 2.31. The summed E-state index contributed by atoms with van der Waals surface area (Å²) in [6, 6.07) is 3.60. The van der Waals surface area contributed by atoms with E-state index in [1.807, 2.05) is 13.0 Å². The smallest absolute Gasteiger partial charge is 0.319 e. The van der Waals surface area contributed by atoms with Crippen LogP contribution in [0.5, 0.6) is 0 Å². The Balaban J connectivity index is 2.48. The van der Waals surface area contributed by atoms with Crippen LogP contribution in [-0.2, 0) is 9.53 Å². The molecule has 90 valence electrons. The second kappa shape index (κ2) is 4.45. The fraction of sp³-hybridized carbons (Fsp3) is 0.333. The van der Waals surface area contributed by atoms with Gasteiger partial charge in [-0.25, -0.2) is 0 Å². The molecule has 1 atom stereocenters. The molecular weight excluding hydrogens is 220 g/mol. The Bertz CT molecular complexity index is 486. The predicted octanol–water partition coefficient (Wildman–Crippen LogP) is 1.78. The number of methoxy groups -OCH3 is 1. The minimum atomic E-state index is -0.507. The lowest BCUT2D eigenvalue weighted by molar-refractivity contribution is -0.141. The summed E-state index contributed by atoms with van der Waals surface area (Å²) in [7, 11) is 1.37. The van der Waals surface area contributed by atoms with Crippen molar-refractivity contribution in [2.24, 2.45) is 11.0 Å². The normalized spacial score (nSPS) is 19.7. The highest BCUT2D eigenvalue weighted by Gasteiger charge is 2.33. The number of allylic oxidation sites excluding steroid dienone is 1. The molecule has 0 spiro atoms. The molecule has 1 aromatic rings. The third-order valence-electron chi connectivity index (χ3n) is 2.73. The van der Waals surface area contributed by atoms with E-state index < -0.39 is 5.92 Å². The molecule has 1 unspecified atom stereocenters. The second-order valence-corrected chi connectivity index (χ2v) is 3.84. The summed E-state index contributed by atoms with van der Waals surface area (Å²) in [4.78, 5) is 11.8. The van der Waals surface area contributed by atoms with Crippen molar-refractivity contribution in [2.75, 3.05) is 7.11 Å². The molecule has 5 heteroatoms. The van der Waals surface area contributed by atoms with Gasteiger partial charge in [0.15, 0.2) is 0 Å². The minimum Gasteiger partial charge on any atom is -0.468 e. The number of hydrazone groups is 1. The molecule has 2 rings (SSSR count). The molecule has 1 aliphatic heterocycles. The van der Waals surface area contributed by atoms with Crippen LogP contribution in [0.1, 0.15) is 19.6 Å². The standard InChI is InChI=1S/C12H14N2O3/c1-7-10(9-5-4-6-17-9)11(12(15)16-3)8(2)14-13-7/h4-6,11,13H,1-3H3. The number of rotatable bonds is 2. The molecule has 1 N–H and O–H groups in total. The number of hydrogen-bond acceptors (Lipinski definition) is 5. The number of furan rings is 1. The number of hydrogen-bond donors (Lipinski definition) is 1. The molecule has 2 heterocycles. The van der Waals surface area contributed by atoms with Crippen molar-refractivity contribution < 1.29 is 13.9 Å². The maximum atomic E-state index is 11.8. The van der Waals surface area contributed by atoms with Crippen molar-refractivity contribution >= 4 is 17.3 Å². The Morgan fingerprint density at radius 1 is 1.53 bits per heavy atom. The first kappa shape index (κ1) is 11.4. The van der Waals surface area contributed by atoms with Crippen LogP contribution < -0.4 is 5.43 Å². The number of esters is 1. The first-order valence-electron chi connectivity index (χ1n) is 5.27. The van der Waals surface area contributed by atoms with Crippen molar-refractivity contribution in [3.8, 4) is 0 Å². The second-order valence-electron chi connectivity index (χ2n) is 3.84. The fourth-order valence-electron chi connectivity index (χ4n) is 1.89. The first-order valence-corrected chi connectivity index (χ1v) is 5.27. The number of carbonyl (C=O) groups excluding carboxylic acids is 1. The average Bonchev–Trinajstić information content (AvgIpc) is 2.84. The van der Waals surface area contributed by atoms with Crippen molar-refractivity contribution in [2.45, 2.75) is 13.8 Å². The molecule has 1 aliphatic rings. The molecular formula is C12H14N2O3. The Hall–Kier alpha value is -2.04. The molecule has 0 radical (unpaired) electrons. The van der Waals surface area contributed by atoms with Gasteiger partial charge in [0.05, 0.1) is 19.1 Å². The third-order valence-corrected chi connectivity index (χ3v) is 2.73. The van der Waals surface area contributed by atoms with E-state index in [1.54, 1.807) is 19.3 Å². The number of nitrogens with one attached hydrogen (secondary N) is 1. The molecule has 17 heavy (non-hydrogen) atoms. The number of nitrogens with zero attached hydrogens (tertiary/aromatic N) is 1. The van der Waals surface area contributed by atoms with Crippen molar-refractivity contribution in [3.05, 3.63) is 29.9 Å². The van der Waals surface area contributed by atoms with Crippen molar-refractivity contribution in [3.63, 3.8) is 0 Å². The molecule has 1 aromatic heterocycles. The van der Waals surface area contributed by atoms with E-state index in [-0.39, 0.29) is 5.97 Å². The van der Waals surface area contributed by atoms with E-state index >= 15 is 0 Å². The van der Waals surface area contributed by atoms with E-state index in [4.69, 9.17) is 9.15 Å². The molecule has 0 aromatic carbocycles.